The molecule has 0 spiro atoms. The van der Waals surface area contributed by atoms with Crippen molar-refractivity contribution in [2.45, 2.75) is 65.1 Å². The number of rotatable bonds is 3. The number of carbonyl (C=O) groups is 3. The third-order valence-electron chi connectivity index (χ3n) is 8.41. The van der Waals surface area contributed by atoms with E-state index >= 15 is 0 Å². The number of aromatic nitrogens is 1. The van der Waals surface area contributed by atoms with E-state index in [4.69, 9.17) is 18.7 Å². The van der Waals surface area contributed by atoms with Crippen LogP contribution < -0.4 is 20.1 Å². The number of amides is 3. The number of morpholine rings is 1. The molecule has 4 bridgehead atoms. The number of hydrogen-bond donors (Lipinski definition) is 2. The molecule has 0 saturated carbocycles. The summed E-state index contributed by atoms with van der Waals surface area (Å²) in [6, 6.07) is 11.9. The molecule has 45 heavy (non-hydrogen) atoms. The number of likely N-dealkylation sites (tertiary alicyclic amines) is 1. The molecule has 3 aromatic rings. The number of nitrogens with zero attached hydrogens (tertiary/aromatic N) is 3. The van der Waals surface area contributed by atoms with Crippen molar-refractivity contribution in [1.29, 1.82) is 0 Å². The molecule has 0 radical (unpaired) electrons. The Morgan fingerprint density at radius 3 is 2.44 bits per heavy atom. The fraction of sp³-hybridized carbons (Fsp3) is 0.455. The topological polar surface area (TPSA) is 135 Å². The van der Waals surface area contributed by atoms with Gasteiger partial charge in [0, 0.05) is 56.0 Å². The number of carbonyl (C=O) groups excluding carboxylic acids is 3. The molecule has 4 aliphatic heterocycles. The van der Waals surface area contributed by atoms with Gasteiger partial charge in [0.15, 0.2) is 6.61 Å². The minimum Gasteiger partial charge on any atom is -0.487 e. The van der Waals surface area contributed by atoms with Crippen molar-refractivity contribution in [3.63, 3.8) is 0 Å². The largest absolute Gasteiger partial charge is 0.487 e. The van der Waals surface area contributed by atoms with Crippen molar-refractivity contribution < 1.29 is 33.1 Å². The van der Waals surface area contributed by atoms with E-state index in [-0.39, 0.29) is 60.0 Å². The zero-order valence-corrected chi connectivity index (χ0v) is 26.0. The lowest BCUT2D eigenvalue weighted by Crippen LogP contribution is -2.48. The maximum absolute atomic E-state index is 13.9. The van der Waals surface area contributed by atoms with Gasteiger partial charge in [-0.3, -0.25) is 19.3 Å². The van der Waals surface area contributed by atoms with Crippen LogP contribution in [0.15, 0.2) is 47.0 Å². The van der Waals surface area contributed by atoms with Crippen LogP contribution in [0.5, 0.6) is 11.5 Å². The van der Waals surface area contributed by atoms with E-state index in [9.17, 15) is 14.4 Å². The fourth-order valence-corrected chi connectivity index (χ4v) is 6.17. The van der Waals surface area contributed by atoms with E-state index in [2.05, 4.69) is 20.7 Å². The van der Waals surface area contributed by atoms with Gasteiger partial charge in [0.1, 0.15) is 23.4 Å². The molecule has 4 aliphatic rings. The van der Waals surface area contributed by atoms with Crippen molar-refractivity contribution in [3.05, 3.63) is 76.2 Å². The zero-order valence-electron chi connectivity index (χ0n) is 26.0. The van der Waals surface area contributed by atoms with Crippen LogP contribution in [0.3, 0.4) is 0 Å². The Morgan fingerprint density at radius 2 is 1.73 bits per heavy atom. The van der Waals surface area contributed by atoms with Crippen LogP contribution in [0.4, 0.5) is 0 Å². The smallest absolute Gasteiger partial charge is 0.258 e. The number of benzene rings is 2. The summed E-state index contributed by atoms with van der Waals surface area (Å²) in [6.45, 7) is 10.3. The Kier molecular flexibility index (Phi) is 8.77. The lowest BCUT2D eigenvalue weighted by molar-refractivity contribution is -0.123. The van der Waals surface area contributed by atoms with Crippen molar-refractivity contribution in [2.75, 3.05) is 32.8 Å². The third-order valence-corrected chi connectivity index (χ3v) is 8.41. The lowest BCUT2D eigenvalue weighted by Gasteiger charge is -2.35. The fourth-order valence-electron chi connectivity index (χ4n) is 6.17. The van der Waals surface area contributed by atoms with Gasteiger partial charge in [-0.2, -0.15) is 0 Å². The molecule has 7 rings (SSSR count). The predicted octanol–water partition coefficient (Wildman–Crippen LogP) is 2.61. The second-order valence-corrected chi connectivity index (χ2v) is 12.2. The highest BCUT2D eigenvalue weighted by Crippen LogP contribution is 2.25. The molecule has 2 saturated heterocycles. The van der Waals surface area contributed by atoms with Gasteiger partial charge in [0.25, 0.3) is 17.7 Å². The van der Waals surface area contributed by atoms with Crippen molar-refractivity contribution in [3.8, 4) is 11.5 Å². The molecule has 2 N–H and O–H groups in total. The molecular formula is C33H39N5O7. The first-order valence-corrected chi connectivity index (χ1v) is 15.3. The molecule has 12 nitrogen and oxygen atoms in total. The van der Waals surface area contributed by atoms with Crippen molar-refractivity contribution in [1.82, 2.24) is 25.6 Å². The SMILES string of the molecule is Cc1noc(C)c1CN1C[C@@H]2NC(=O)c3cc(cc(C(=O)N4C[C@@H](C)O[C@@H](C)C4)c3)OCC(=O)NCc3ccc(cc3)O[C@H]2C1. The van der Waals surface area contributed by atoms with E-state index in [0.29, 0.717) is 50.6 Å². The number of hydrogen-bond acceptors (Lipinski definition) is 9. The Bertz CT molecular complexity index is 1540. The van der Waals surface area contributed by atoms with E-state index in [1.54, 1.807) is 23.1 Å². The average Bonchev–Trinajstić information content (AvgIpc) is 3.54. The Hall–Kier alpha value is -4.42. The summed E-state index contributed by atoms with van der Waals surface area (Å²) < 4.78 is 23.4. The number of ether oxygens (including phenoxy) is 3. The van der Waals surface area contributed by atoms with Crippen molar-refractivity contribution >= 4 is 17.7 Å². The molecule has 0 aliphatic carbocycles. The molecule has 4 atom stereocenters. The number of aryl methyl sites for hydroxylation is 2. The van der Waals surface area contributed by atoms with Gasteiger partial charge in [-0.15, -0.1) is 0 Å². The summed E-state index contributed by atoms with van der Waals surface area (Å²) in [5.41, 5.74) is 3.30. The Balaban J connectivity index is 1.30. The first kappa shape index (κ1) is 30.6. The van der Waals surface area contributed by atoms with E-state index in [1.165, 1.54) is 0 Å². The summed E-state index contributed by atoms with van der Waals surface area (Å²) >= 11 is 0. The van der Waals surface area contributed by atoms with E-state index < -0.39 is 0 Å². The van der Waals surface area contributed by atoms with Crippen LogP contribution in [0.1, 0.15) is 57.1 Å². The van der Waals surface area contributed by atoms with E-state index in [1.807, 2.05) is 52.0 Å². The summed E-state index contributed by atoms with van der Waals surface area (Å²) in [4.78, 5) is 44.1. The van der Waals surface area contributed by atoms with Gasteiger partial charge < -0.3 is 34.3 Å². The normalized spacial score (nSPS) is 24.2. The van der Waals surface area contributed by atoms with Gasteiger partial charge in [-0.05, 0) is 63.6 Å². The maximum Gasteiger partial charge on any atom is 0.258 e. The predicted molar refractivity (Wildman–Crippen MR) is 163 cm³/mol. The molecule has 1 aromatic heterocycles. The number of nitrogens with one attached hydrogen (secondary N) is 2. The Morgan fingerprint density at radius 1 is 0.978 bits per heavy atom. The van der Waals surface area contributed by atoms with E-state index in [0.717, 1.165) is 22.6 Å². The van der Waals surface area contributed by atoms with Crippen LogP contribution in [-0.4, -0.2) is 89.8 Å². The minimum atomic E-state index is -0.375. The zero-order chi connectivity index (χ0) is 31.7. The first-order valence-electron chi connectivity index (χ1n) is 15.3. The van der Waals surface area contributed by atoms with Gasteiger partial charge >= 0.3 is 0 Å². The maximum atomic E-state index is 13.9. The monoisotopic (exact) mass is 617 g/mol. The summed E-state index contributed by atoms with van der Waals surface area (Å²) in [7, 11) is 0. The molecular weight excluding hydrogens is 578 g/mol. The first-order chi connectivity index (χ1) is 21.6. The highest BCUT2D eigenvalue weighted by atomic mass is 16.5. The summed E-state index contributed by atoms with van der Waals surface area (Å²) in [5, 5.41) is 10.1. The molecule has 12 heteroatoms. The highest BCUT2D eigenvalue weighted by Gasteiger charge is 2.37. The second-order valence-electron chi connectivity index (χ2n) is 12.2. The number of fused-ring (bicyclic) bond motifs is 7. The molecule has 2 fully saturated rings. The lowest BCUT2D eigenvalue weighted by atomic mass is 10.1. The van der Waals surface area contributed by atoms with Crippen LogP contribution in [0.2, 0.25) is 0 Å². The van der Waals surface area contributed by atoms with Gasteiger partial charge in [-0.1, -0.05) is 17.3 Å². The minimum absolute atomic E-state index is 0.117. The Labute approximate surface area is 262 Å². The quantitative estimate of drug-likeness (QED) is 0.455. The standard InChI is InChI=1S/C33H39N5O7/c1-19-13-38(14-20(2)43-19)33(41)25-9-24-10-27(11-25)42-18-31(39)34-12-23-5-7-26(8-6-23)44-30-17-37(16-29(30)35-32(24)40)15-28-21(3)36-45-22(28)4/h5-11,19-20,29-30H,12-18H2,1-4H3,(H,34,39)(H,35,40)/t19-,20+,29-,30-/m0/s1. The van der Waals surface area contributed by atoms with Gasteiger partial charge in [0.2, 0.25) is 0 Å². The van der Waals surface area contributed by atoms with Crippen LogP contribution >= 0.6 is 0 Å². The third kappa shape index (κ3) is 7.12. The van der Waals surface area contributed by atoms with Crippen LogP contribution in [0, 0.1) is 13.8 Å². The summed E-state index contributed by atoms with van der Waals surface area (Å²) in [5.74, 6) is 0.736. The molecule has 238 valence electrons. The molecule has 3 amide bonds. The van der Waals surface area contributed by atoms with Crippen LogP contribution in [0.25, 0.3) is 0 Å². The molecule has 0 unspecified atom stereocenters. The van der Waals surface area contributed by atoms with Gasteiger partial charge in [-0.25, -0.2) is 0 Å². The summed E-state index contributed by atoms with van der Waals surface area (Å²) in [6.07, 6.45) is -0.588. The highest BCUT2D eigenvalue weighted by molar-refractivity contribution is 6.00. The molecule has 2 aromatic carbocycles. The van der Waals surface area contributed by atoms with Gasteiger partial charge in [0.05, 0.1) is 23.9 Å². The second kappa shape index (κ2) is 12.9. The van der Waals surface area contributed by atoms with Crippen molar-refractivity contribution in [2.24, 2.45) is 0 Å². The average molecular weight is 618 g/mol. The molecule has 5 heterocycles. The van der Waals surface area contributed by atoms with Crippen LogP contribution in [-0.2, 0) is 22.6 Å².